The first-order valence-corrected chi connectivity index (χ1v) is 4.63. The van der Waals surface area contributed by atoms with E-state index >= 15 is 0 Å². The Hall–Kier alpha value is -0.920. The van der Waals surface area contributed by atoms with E-state index in [0.29, 0.717) is 12.8 Å². The molecule has 13 heavy (non-hydrogen) atoms. The third kappa shape index (κ3) is 1.58. The summed E-state index contributed by atoms with van der Waals surface area (Å²) in [6, 6.07) is 9.10. The highest BCUT2D eigenvalue weighted by Crippen LogP contribution is 2.46. The van der Waals surface area contributed by atoms with Crippen LogP contribution in [0.25, 0.3) is 0 Å². The van der Waals surface area contributed by atoms with Crippen molar-refractivity contribution in [3.8, 4) is 0 Å². The first kappa shape index (κ1) is 8.67. The Bertz CT molecular complexity index is 279. The van der Waals surface area contributed by atoms with E-state index in [1.54, 1.807) is 12.1 Å². The summed E-state index contributed by atoms with van der Waals surface area (Å²) in [4.78, 5) is 0. The molecule has 0 amide bonds. The maximum Gasteiger partial charge on any atom is 0.254 e. The maximum atomic E-state index is 13.3. The van der Waals surface area contributed by atoms with Gasteiger partial charge in [-0.15, -0.1) is 0 Å². The molecule has 1 unspecified atom stereocenters. The number of benzene rings is 1. The summed E-state index contributed by atoms with van der Waals surface area (Å²) in [5.74, 6) is -3.03. The molecule has 2 rings (SSSR count). The van der Waals surface area contributed by atoms with Gasteiger partial charge in [0.05, 0.1) is 0 Å². The highest BCUT2D eigenvalue weighted by Gasteiger charge is 2.44. The average molecular weight is 182 g/mol. The SMILES string of the molecule is FC1(F)CCCC1c1ccccc1. The van der Waals surface area contributed by atoms with Crippen LogP contribution in [-0.4, -0.2) is 5.92 Å². The fraction of sp³-hybridized carbons (Fsp3) is 0.455. The van der Waals surface area contributed by atoms with E-state index < -0.39 is 11.8 Å². The van der Waals surface area contributed by atoms with E-state index in [1.807, 2.05) is 18.2 Å². The van der Waals surface area contributed by atoms with Gasteiger partial charge in [-0.25, -0.2) is 8.78 Å². The predicted octanol–water partition coefficient (Wildman–Crippen LogP) is 3.59. The van der Waals surface area contributed by atoms with Crippen molar-refractivity contribution < 1.29 is 8.78 Å². The molecule has 0 saturated heterocycles. The molecule has 1 aliphatic rings. The maximum absolute atomic E-state index is 13.3. The molecule has 0 radical (unpaired) electrons. The Balaban J connectivity index is 2.27. The molecule has 0 spiro atoms. The summed E-state index contributed by atoms with van der Waals surface area (Å²) in [5, 5.41) is 0. The molecular weight excluding hydrogens is 170 g/mol. The van der Waals surface area contributed by atoms with Gasteiger partial charge in [0.2, 0.25) is 0 Å². The molecule has 0 aromatic heterocycles. The zero-order valence-corrected chi connectivity index (χ0v) is 7.34. The van der Waals surface area contributed by atoms with Gasteiger partial charge in [0.15, 0.2) is 0 Å². The van der Waals surface area contributed by atoms with Gasteiger partial charge >= 0.3 is 0 Å². The summed E-state index contributed by atoms with van der Waals surface area (Å²) in [6.45, 7) is 0. The van der Waals surface area contributed by atoms with Crippen molar-refractivity contribution in [2.45, 2.75) is 31.1 Å². The third-order valence-corrected chi connectivity index (χ3v) is 2.71. The van der Waals surface area contributed by atoms with Gasteiger partial charge < -0.3 is 0 Å². The van der Waals surface area contributed by atoms with E-state index in [1.165, 1.54) is 0 Å². The monoisotopic (exact) mass is 182 g/mol. The minimum Gasteiger partial charge on any atom is -0.206 e. The van der Waals surface area contributed by atoms with Crippen LogP contribution in [0.1, 0.15) is 30.7 Å². The number of hydrogen-bond donors (Lipinski definition) is 0. The fourth-order valence-electron chi connectivity index (χ4n) is 2.02. The highest BCUT2D eigenvalue weighted by atomic mass is 19.3. The third-order valence-electron chi connectivity index (χ3n) is 2.71. The lowest BCUT2D eigenvalue weighted by Gasteiger charge is -2.18. The van der Waals surface area contributed by atoms with Gasteiger partial charge in [0.1, 0.15) is 0 Å². The molecule has 1 aromatic rings. The largest absolute Gasteiger partial charge is 0.254 e. The van der Waals surface area contributed by atoms with Crippen LogP contribution in [0, 0.1) is 0 Å². The van der Waals surface area contributed by atoms with Crippen LogP contribution >= 0.6 is 0 Å². The minimum absolute atomic E-state index is 0.0482. The highest BCUT2D eigenvalue weighted by molar-refractivity contribution is 5.23. The van der Waals surface area contributed by atoms with E-state index in [9.17, 15) is 8.78 Å². The average Bonchev–Trinajstić information content (AvgIpc) is 2.47. The van der Waals surface area contributed by atoms with Crippen LogP contribution in [0.2, 0.25) is 0 Å². The number of hydrogen-bond acceptors (Lipinski definition) is 0. The molecule has 1 aliphatic carbocycles. The first-order valence-electron chi connectivity index (χ1n) is 4.63. The van der Waals surface area contributed by atoms with Gasteiger partial charge in [-0.3, -0.25) is 0 Å². The second-order valence-corrected chi connectivity index (χ2v) is 3.62. The van der Waals surface area contributed by atoms with E-state index in [-0.39, 0.29) is 6.42 Å². The first-order chi connectivity index (χ1) is 6.20. The summed E-state index contributed by atoms with van der Waals surface area (Å²) in [6.07, 6.45) is 1.32. The molecule has 0 N–H and O–H groups in total. The normalized spacial score (nSPS) is 26.2. The van der Waals surface area contributed by atoms with Gasteiger partial charge in [0.25, 0.3) is 5.92 Å². The molecule has 0 bridgehead atoms. The Labute approximate surface area is 76.6 Å². The second kappa shape index (κ2) is 3.09. The molecule has 0 heterocycles. The molecule has 0 nitrogen and oxygen atoms in total. The summed E-state index contributed by atoms with van der Waals surface area (Å²) in [7, 11) is 0. The van der Waals surface area contributed by atoms with Crippen LogP contribution < -0.4 is 0 Å². The lowest BCUT2D eigenvalue weighted by Crippen LogP contribution is -2.19. The smallest absolute Gasteiger partial charge is 0.206 e. The summed E-state index contributed by atoms with van der Waals surface area (Å²) < 4.78 is 26.6. The van der Waals surface area contributed by atoms with Crippen LogP contribution in [0.5, 0.6) is 0 Å². The fourth-order valence-corrected chi connectivity index (χ4v) is 2.02. The van der Waals surface area contributed by atoms with Crippen molar-refractivity contribution >= 4 is 0 Å². The summed E-state index contributed by atoms with van der Waals surface area (Å²) in [5.41, 5.74) is 0.782. The van der Waals surface area contributed by atoms with E-state index in [0.717, 1.165) is 5.56 Å². The zero-order chi connectivity index (χ0) is 9.31. The molecule has 2 heteroatoms. The number of halogens is 2. The van der Waals surface area contributed by atoms with E-state index in [4.69, 9.17) is 0 Å². The predicted molar refractivity (Wildman–Crippen MR) is 48.0 cm³/mol. The molecule has 1 saturated carbocycles. The zero-order valence-electron chi connectivity index (χ0n) is 7.34. The molecule has 70 valence electrons. The number of alkyl halides is 2. The van der Waals surface area contributed by atoms with Gasteiger partial charge in [0, 0.05) is 12.3 Å². The molecule has 1 fully saturated rings. The van der Waals surface area contributed by atoms with Crippen LogP contribution in [-0.2, 0) is 0 Å². The van der Waals surface area contributed by atoms with Crippen molar-refractivity contribution in [3.63, 3.8) is 0 Å². The van der Waals surface area contributed by atoms with Crippen LogP contribution in [0.3, 0.4) is 0 Å². The molecule has 0 aliphatic heterocycles. The number of rotatable bonds is 1. The molecule has 1 aromatic carbocycles. The lowest BCUT2D eigenvalue weighted by molar-refractivity contribution is -0.00895. The van der Waals surface area contributed by atoms with Crippen LogP contribution in [0.15, 0.2) is 30.3 Å². The molecule has 1 atom stereocenters. The minimum atomic E-state index is -2.48. The van der Waals surface area contributed by atoms with Crippen LogP contribution in [0.4, 0.5) is 8.78 Å². The van der Waals surface area contributed by atoms with Crippen molar-refractivity contribution in [3.05, 3.63) is 35.9 Å². The lowest BCUT2D eigenvalue weighted by atomic mass is 9.95. The Morgan fingerprint density at radius 1 is 1.15 bits per heavy atom. The Kier molecular flexibility index (Phi) is 2.06. The van der Waals surface area contributed by atoms with Gasteiger partial charge in [-0.2, -0.15) is 0 Å². The van der Waals surface area contributed by atoms with Crippen molar-refractivity contribution in [2.75, 3.05) is 0 Å². The summed E-state index contributed by atoms with van der Waals surface area (Å²) >= 11 is 0. The van der Waals surface area contributed by atoms with Gasteiger partial charge in [-0.05, 0) is 18.4 Å². The Morgan fingerprint density at radius 2 is 1.85 bits per heavy atom. The molecular formula is C11H12F2. The van der Waals surface area contributed by atoms with Crippen molar-refractivity contribution in [1.82, 2.24) is 0 Å². The van der Waals surface area contributed by atoms with Crippen molar-refractivity contribution in [1.29, 1.82) is 0 Å². The topological polar surface area (TPSA) is 0 Å². The van der Waals surface area contributed by atoms with Crippen molar-refractivity contribution in [2.24, 2.45) is 0 Å². The standard InChI is InChI=1S/C11H12F2/c12-11(13)8-4-7-10(11)9-5-2-1-3-6-9/h1-3,5-6,10H,4,7-8H2. The van der Waals surface area contributed by atoms with E-state index in [2.05, 4.69) is 0 Å². The van der Waals surface area contributed by atoms with Gasteiger partial charge in [-0.1, -0.05) is 30.3 Å². The Morgan fingerprint density at radius 3 is 2.38 bits per heavy atom. The second-order valence-electron chi connectivity index (χ2n) is 3.62. The quantitative estimate of drug-likeness (QED) is 0.622.